The van der Waals surface area contributed by atoms with E-state index in [2.05, 4.69) is 42.4 Å². The van der Waals surface area contributed by atoms with Gasteiger partial charge in [-0.3, -0.25) is 4.79 Å². The standard InChI is InChI=1S/C20H26N2O/c1-15-13-17(3)19(14-16(15)2)20(23)21-11-8-12-22(4)18-9-6-5-7-10-18/h5-7,9-10,13-14H,8,11-12H2,1-4H3,(H,21,23). The Labute approximate surface area is 139 Å². The van der Waals surface area contributed by atoms with Gasteiger partial charge < -0.3 is 10.2 Å². The molecule has 0 saturated heterocycles. The number of nitrogens with one attached hydrogen (secondary N) is 1. The van der Waals surface area contributed by atoms with Gasteiger partial charge in [0.1, 0.15) is 0 Å². The van der Waals surface area contributed by atoms with Gasteiger partial charge in [0.15, 0.2) is 0 Å². The Balaban J connectivity index is 1.82. The first-order valence-electron chi connectivity index (χ1n) is 8.11. The summed E-state index contributed by atoms with van der Waals surface area (Å²) in [7, 11) is 2.07. The summed E-state index contributed by atoms with van der Waals surface area (Å²) in [6.45, 7) is 7.70. The first-order valence-corrected chi connectivity index (χ1v) is 8.11. The van der Waals surface area contributed by atoms with E-state index >= 15 is 0 Å². The number of aryl methyl sites for hydroxylation is 3. The van der Waals surface area contributed by atoms with Crippen LogP contribution in [-0.2, 0) is 0 Å². The second kappa shape index (κ2) is 7.82. The SMILES string of the molecule is Cc1cc(C)c(C(=O)NCCCN(C)c2ccccc2)cc1C. The van der Waals surface area contributed by atoms with Crippen LogP contribution in [0, 0.1) is 20.8 Å². The van der Waals surface area contributed by atoms with Crippen molar-refractivity contribution in [1.82, 2.24) is 5.32 Å². The molecule has 0 radical (unpaired) electrons. The van der Waals surface area contributed by atoms with E-state index in [-0.39, 0.29) is 5.91 Å². The van der Waals surface area contributed by atoms with Crippen molar-refractivity contribution >= 4 is 11.6 Å². The fourth-order valence-electron chi connectivity index (χ4n) is 2.63. The van der Waals surface area contributed by atoms with Crippen molar-refractivity contribution in [2.45, 2.75) is 27.2 Å². The molecule has 0 heterocycles. The number of rotatable bonds is 6. The molecule has 122 valence electrons. The Hall–Kier alpha value is -2.29. The largest absolute Gasteiger partial charge is 0.375 e. The van der Waals surface area contributed by atoms with Crippen LogP contribution in [-0.4, -0.2) is 26.0 Å². The summed E-state index contributed by atoms with van der Waals surface area (Å²) in [6, 6.07) is 14.3. The molecule has 0 aliphatic rings. The van der Waals surface area contributed by atoms with E-state index in [0.717, 1.165) is 29.7 Å². The Morgan fingerprint density at radius 3 is 2.35 bits per heavy atom. The van der Waals surface area contributed by atoms with E-state index in [1.54, 1.807) is 0 Å². The van der Waals surface area contributed by atoms with Crippen molar-refractivity contribution in [3.63, 3.8) is 0 Å². The maximum atomic E-state index is 12.3. The number of benzene rings is 2. The van der Waals surface area contributed by atoms with E-state index in [4.69, 9.17) is 0 Å². The van der Waals surface area contributed by atoms with Gasteiger partial charge in [-0.25, -0.2) is 0 Å². The smallest absolute Gasteiger partial charge is 0.251 e. The van der Waals surface area contributed by atoms with E-state index in [9.17, 15) is 4.79 Å². The average Bonchev–Trinajstić information content (AvgIpc) is 2.55. The van der Waals surface area contributed by atoms with Crippen molar-refractivity contribution in [3.8, 4) is 0 Å². The normalized spacial score (nSPS) is 10.4. The van der Waals surface area contributed by atoms with Gasteiger partial charge in [-0.1, -0.05) is 24.3 Å². The van der Waals surface area contributed by atoms with E-state index in [1.165, 1.54) is 11.3 Å². The molecule has 0 spiro atoms. The topological polar surface area (TPSA) is 32.3 Å². The molecule has 0 aliphatic carbocycles. The van der Waals surface area contributed by atoms with Crippen LogP contribution in [0.25, 0.3) is 0 Å². The second-order valence-corrected chi connectivity index (χ2v) is 6.12. The third-order valence-corrected chi connectivity index (χ3v) is 4.24. The Bertz CT molecular complexity index is 665. The summed E-state index contributed by atoms with van der Waals surface area (Å²) < 4.78 is 0. The summed E-state index contributed by atoms with van der Waals surface area (Å²) in [5.41, 5.74) is 5.40. The predicted molar refractivity (Wildman–Crippen MR) is 97.3 cm³/mol. The zero-order chi connectivity index (χ0) is 16.8. The Morgan fingerprint density at radius 2 is 1.65 bits per heavy atom. The van der Waals surface area contributed by atoms with Crippen LogP contribution in [0.3, 0.4) is 0 Å². The van der Waals surface area contributed by atoms with Crippen molar-refractivity contribution in [1.29, 1.82) is 0 Å². The number of nitrogens with zero attached hydrogens (tertiary/aromatic N) is 1. The first-order chi connectivity index (χ1) is 11.0. The molecular formula is C20H26N2O. The minimum atomic E-state index is 0.0213. The van der Waals surface area contributed by atoms with Crippen LogP contribution in [0.15, 0.2) is 42.5 Å². The number of carbonyl (C=O) groups is 1. The summed E-state index contributed by atoms with van der Waals surface area (Å²) in [5.74, 6) is 0.0213. The Morgan fingerprint density at radius 1 is 1.00 bits per heavy atom. The number of hydrogen-bond acceptors (Lipinski definition) is 2. The van der Waals surface area contributed by atoms with Gasteiger partial charge in [-0.05, 0) is 62.1 Å². The van der Waals surface area contributed by atoms with Gasteiger partial charge in [0, 0.05) is 31.4 Å². The predicted octanol–water partition coefficient (Wildman–Crippen LogP) is 3.87. The summed E-state index contributed by atoms with van der Waals surface area (Å²) >= 11 is 0. The molecule has 0 fully saturated rings. The van der Waals surface area contributed by atoms with Crippen molar-refractivity contribution in [3.05, 3.63) is 64.7 Å². The van der Waals surface area contributed by atoms with Gasteiger partial charge in [0.2, 0.25) is 0 Å². The zero-order valence-corrected chi connectivity index (χ0v) is 14.5. The molecule has 0 aliphatic heterocycles. The number of anilines is 1. The molecule has 2 aromatic carbocycles. The minimum Gasteiger partial charge on any atom is -0.375 e. The summed E-state index contributed by atoms with van der Waals surface area (Å²) in [6.07, 6.45) is 0.918. The molecule has 0 aromatic heterocycles. The molecule has 23 heavy (non-hydrogen) atoms. The van der Waals surface area contributed by atoms with Crippen LogP contribution in [0.1, 0.15) is 33.5 Å². The highest BCUT2D eigenvalue weighted by Crippen LogP contribution is 2.15. The fourth-order valence-corrected chi connectivity index (χ4v) is 2.63. The molecule has 1 amide bonds. The lowest BCUT2D eigenvalue weighted by atomic mass is 10.0. The monoisotopic (exact) mass is 310 g/mol. The molecule has 2 aromatic rings. The van der Waals surface area contributed by atoms with Crippen LogP contribution in [0.2, 0.25) is 0 Å². The maximum absolute atomic E-state index is 12.3. The van der Waals surface area contributed by atoms with Gasteiger partial charge in [0.05, 0.1) is 0 Å². The fraction of sp³-hybridized carbons (Fsp3) is 0.350. The number of hydrogen-bond donors (Lipinski definition) is 1. The minimum absolute atomic E-state index is 0.0213. The van der Waals surface area contributed by atoms with Gasteiger partial charge in [0.25, 0.3) is 5.91 Å². The van der Waals surface area contributed by atoms with Gasteiger partial charge in [-0.15, -0.1) is 0 Å². The van der Waals surface area contributed by atoms with Crippen molar-refractivity contribution < 1.29 is 4.79 Å². The van der Waals surface area contributed by atoms with E-state index < -0.39 is 0 Å². The Kier molecular flexibility index (Phi) is 5.80. The van der Waals surface area contributed by atoms with E-state index in [0.29, 0.717) is 6.54 Å². The van der Waals surface area contributed by atoms with Gasteiger partial charge >= 0.3 is 0 Å². The molecule has 0 unspecified atom stereocenters. The highest BCUT2D eigenvalue weighted by Gasteiger charge is 2.10. The molecule has 0 saturated carbocycles. The van der Waals surface area contributed by atoms with Crippen molar-refractivity contribution in [2.24, 2.45) is 0 Å². The highest BCUT2D eigenvalue weighted by molar-refractivity contribution is 5.95. The lowest BCUT2D eigenvalue weighted by Crippen LogP contribution is -2.28. The van der Waals surface area contributed by atoms with Gasteiger partial charge in [-0.2, -0.15) is 0 Å². The molecular weight excluding hydrogens is 284 g/mol. The molecule has 0 bridgehead atoms. The molecule has 0 atom stereocenters. The van der Waals surface area contributed by atoms with Crippen LogP contribution in [0.4, 0.5) is 5.69 Å². The highest BCUT2D eigenvalue weighted by atomic mass is 16.1. The number of carbonyl (C=O) groups excluding carboxylic acids is 1. The lowest BCUT2D eigenvalue weighted by Gasteiger charge is -2.19. The summed E-state index contributed by atoms with van der Waals surface area (Å²) in [4.78, 5) is 14.5. The molecule has 1 N–H and O–H groups in total. The van der Waals surface area contributed by atoms with Crippen LogP contribution < -0.4 is 10.2 Å². The first kappa shape index (κ1) is 17.1. The lowest BCUT2D eigenvalue weighted by molar-refractivity contribution is 0.0952. The molecule has 3 heteroatoms. The average molecular weight is 310 g/mol. The van der Waals surface area contributed by atoms with Crippen LogP contribution >= 0.6 is 0 Å². The third-order valence-electron chi connectivity index (χ3n) is 4.24. The van der Waals surface area contributed by atoms with Crippen molar-refractivity contribution in [2.75, 3.05) is 25.0 Å². The quantitative estimate of drug-likeness (QED) is 0.822. The molecule has 3 nitrogen and oxygen atoms in total. The van der Waals surface area contributed by atoms with Crippen LogP contribution in [0.5, 0.6) is 0 Å². The third kappa shape index (κ3) is 4.59. The maximum Gasteiger partial charge on any atom is 0.251 e. The zero-order valence-electron chi connectivity index (χ0n) is 14.5. The summed E-state index contributed by atoms with van der Waals surface area (Å²) in [5, 5.41) is 3.03. The number of amides is 1. The molecule has 2 rings (SSSR count). The second-order valence-electron chi connectivity index (χ2n) is 6.12. The number of para-hydroxylation sites is 1. The van der Waals surface area contributed by atoms with E-state index in [1.807, 2.05) is 38.1 Å².